The Hall–Kier alpha value is -3.12. The number of rotatable bonds is 2. The van der Waals surface area contributed by atoms with E-state index in [0.29, 0.717) is 0 Å². The van der Waals surface area contributed by atoms with E-state index in [1.54, 1.807) is 0 Å². The molecule has 0 radical (unpaired) electrons. The third-order valence-corrected chi connectivity index (χ3v) is 6.08. The third kappa shape index (κ3) is 2.52. The van der Waals surface area contributed by atoms with Crippen LogP contribution in [0, 0.1) is 13.8 Å². The number of benzene rings is 4. The standard InChI is InChI=1S/C28H24/c1-4-7-20-14-15-23-17-26-25(21-12-10-18(2)11-13-21)16-22-8-5-6-9-24(22)28(26)27(23)19(20)3/h4-16H,17H2,1-3H3/b7-4-. The van der Waals surface area contributed by atoms with Gasteiger partial charge >= 0.3 is 0 Å². The highest BCUT2D eigenvalue weighted by Crippen LogP contribution is 2.48. The monoisotopic (exact) mass is 360 g/mol. The Morgan fingerprint density at radius 1 is 0.821 bits per heavy atom. The van der Waals surface area contributed by atoms with E-state index in [4.69, 9.17) is 0 Å². The summed E-state index contributed by atoms with van der Waals surface area (Å²) in [5.74, 6) is 0. The van der Waals surface area contributed by atoms with Gasteiger partial charge in [-0.05, 0) is 88.5 Å². The minimum Gasteiger partial charge on any atom is -0.0871 e. The molecule has 0 fully saturated rings. The smallest absolute Gasteiger partial charge is 0.000694 e. The van der Waals surface area contributed by atoms with E-state index < -0.39 is 0 Å². The van der Waals surface area contributed by atoms with Crippen molar-refractivity contribution >= 4 is 16.8 Å². The molecule has 0 unspecified atom stereocenters. The van der Waals surface area contributed by atoms with Crippen LogP contribution < -0.4 is 0 Å². The van der Waals surface area contributed by atoms with Gasteiger partial charge in [0.15, 0.2) is 0 Å². The fraction of sp³-hybridized carbons (Fsp3) is 0.143. The van der Waals surface area contributed by atoms with Crippen molar-refractivity contribution < 1.29 is 0 Å². The molecular weight excluding hydrogens is 336 g/mol. The molecule has 28 heavy (non-hydrogen) atoms. The van der Waals surface area contributed by atoms with Gasteiger partial charge in [-0.15, -0.1) is 0 Å². The molecule has 136 valence electrons. The van der Waals surface area contributed by atoms with Gasteiger partial charge in [0.1, 0.15) is 0 Å². The molecular formula is C28H24. The number of hydrogen-bond acceptors (Lipinski definition) is 0. The van der Waals surface area contributed by atoms with E-state index in [1.807, 2.05) is 0 Å². The predicted molar refractivity (Wildman–Crippen MR) is 122 cm³/mol. The molecule has 0 N–H and O–H groups in total. The minimum absolute atomic E-state index is 1.01. The topological polar surface area (TPSA) is 0 Å². The zero-order valence-corrected chi connectivity index (χ0v) is 16.7. The van der Waals surface area contributed by atoms with Crippen molar-refractivity contribution in [3.05, 3.63) is 101 Å². The average molecular weight is 361 g/mol. The Balaban J connectivity index is 1.87. The zero-order chi connectivity index (χ0) is 19.3. The van der Waals surface area contributed by atoms with Crippen LogP contribution in [0.3, 0.4) is 0 Å². The van der Waals surface area contributed by atoms with Gasteiger partial charge in [-0.3, -0.25) is 0 Å². The molecule has 0 spiro atoms. The molecule has 4 aromatic carbocycles. The highest BCUT2D eigenvalue weighted by atomic mass is 14.3. The van der Waals surface area contributed by atoms with Gasteiger partial charge in [-0.1, -0.05) is 78.4 Å². The first-order chi connectivity index (χ1) is 13.7. The lowest BCUT2D eigenvalue weighted by Gasteiger charge is -2.15. The fourth-order valence-electron chi connectivity index (χ4n) is 4.68. The minimum atomic E-state index is 1.01. The largest absolute Gasteiger partial charge is 0.0871 e. The van der Waals surface area contributed by atoms with Crippen LogP contribution in [0.4, 0.5) is 0 Å². The first kappa shape index (κ1) is 17.0. The molecule has 0 bridgehead atoms. The van der Waals surface area contributed by atoms with E-state index in [2.05, 4.69) is 99.7 Å². The summed E-state index contributed by atoms with van der Waals surface area (Å²) in [5, 5.41) is 2.69. The van der Waals surface area contributed by atoms with Crippen molar-refractivity contribution in [3.63, 3.8) is 0 Å². The lowest BCUT2D eigenvalue weighted by Crippen LogP contribution is -1.91. The van der Waals surface area contributed by atoms with Crippen molar-refractivity contribution in [2.45, 2.75) is 27.2 Å². The van der Waals surface area contributed by atoms with Crippen LogP contribution in [0.2, 0.25) is 0 Å². The molecule has 0 aromatic heterocycles. The van der Waals surface area contributed by atoms with Crippen molar-refractivity contribution in [1.82, 2.24) is 0 Å². The Morgan fingerprint density at radius 2 is 1.61 bits per heavy atom. The zero-order valence-electron chi connectivity index (χ0n) is 16.7. The normalized spacial score (nSPS) is 12.5. The number of allylic oxidation sites excluding steroid dienone is 1. The Morgan fingerprint density at radius 3 is 2.39 bits per heavy atom. The van der Waals surface area contributed by atoms with Crippen LogP contribution in [0.5, 0.6) is 0 Å². The van der Waals surface area contributed by atoms with Crippen molar-refractivity contribution in [2.75, 3.05) is 0 Å². The molecule has 0 nitrogen and oxygen atoms in total. The van der Waals surface area contributed by atoms with Gasteiger partial charge in [0.25, 0.3) is 0 Å². The highest BCUT2D eigenvalue weighted by Gasteiger charge is 2.26. The first-order valence-electron chi connectivity index (χ1n) is 10.0. The first-order valence-corrected chi connectivity index (χ1v) is 10.0. The van der Waals surface area contributed by atoms with Gasteiger partial charge in [-0.2, -0.15) is 0 Å². The summed E-state index contributed by atoms with van der Waals surface area (Å²) in [7, 11) is 0. The van der Waals surface area contributed by atoms with Gasteiger partial charge in [0.05, 0.1) is 0 Å². The van der Waals surface area contributed by atoms with Crippen LogP contribution in [0.1, 0.15) is 34.7 Å². The Bertz CT molecular complexity index is 1240. The van der Waals surface area contributed by atoms with Crippen LogP contribution in [0.25, 0.3) is 39.1 Å². The third-order valence-electron chi connectivity index (χ3n) is 6.08. The fourth-order valence-corrected chi connectivity index (χ4v) is 4.68. The summed E-state index contributed by atoms with van der Waals surface area (Å²) in [6, 6.07) is 24.8. The predicted octanol–water partition coefficient (Wildman–Crippen LogP) is 7.73. The summed E-state index contributed by atoms with van der Waals surface area (Å²) >= 11 is 0. The second kappa shape index (κ2) is 6.49. The molecule has 1 aliphatic carbocycles. The molecule has 0 atom stereocenters. The van der Waals surface area contributed by atoms with Gasteiger partial charge in [0, 0.05) is 0 Å². The van der Waals surface area contributed by atoms with E-state index in [-0.39, 0.29) is 0 Å². The molecule has 0 saturated carbocycles. The van der Waals surface area contributed by atoms with Crippen molar-refractivity contribution in [1.29, 1.82) is 0 Å². The molecule has 1 aliphatic rings. The number of aryl methyl sites for hydroxylation is 1. The van der Waals surface area contributed by atoms with Gasteiger partial charge in [-0.25, -0.2) is 0 Å². The van der Waals surface area contributed by atoms with Gasteiger partial charge < -0.3 is 0 Å². The highest BCUT2D eigenvalue weighted by molar-refractivity contribution is 6.06. The lowest BCUT2D eigenvalue weighted by molar-refractivity contribution is 1.26. The maximum absolute atomic E-state index is 2.38. The number of hydrogen-bond donors (Lipinski definition) is 0. The molecule has 0 heterocycles. The molecule has 5 rings (SSSR count). The van der Waals surface area contributed by atoms with E-state index in [0.717, 1.165) is 6.42 Å². The Labute approximate surface area is 167 Å². The van der Waals surface area contributed by atoms with E-state index in [9.17, 15) is 0 Å². The van der Waals surface area contributed by atoms with Crippen LogP contribution in [0.15, 0.2) is 72.8 Å². The van der Waals surface area contributed by atoms with Crippen LogP contribution >= 0.6 is 0 Å². The molecule has 0 saturated heterocycles. The summed E-state index contributed by atoms with van der Waals surface area (Å²) in [6.45, 7) is 6.51. The van der Waals surface area contributed by atoms with Gasteiger partial charge in [0.2, 0.25) is 0 Å². The summed E-state index contributed by atoms with van der Waals surface area (Å²) in [6.07, 6.45) is 5.36. The van der Waals surface area contributed by atoms with Crippen LogP contribution in [-0.2, 0) is 6.42 Å². The summed E-state index contributed by atoms with van der Waals surface area (Å²) in [4.78, 5) is 0. The molecule has 0 heteroatoms. The molecule has 4 aromatic rings. The van der Waals surface area contributed by atoms with Crippen LogP contribution in [-0.4, -0.2) is 0 Å². The molecule has 0 aliphatic heterocycles. The van der Waals surface area contributed by atoms with Crippen molar-refractivity contribution in [2.24, 2.45) is 0 Å². The van der Waals surface area contributed by atoms with E-state index in [1.165, 1.54) is 60.8 Å². The molecule has 0 amide bonds. The second-order valence-corrected chi connectivity index (χ2v) is 7.86. The van der Waals surface area contributed by atoms with Crippen molar-refractivity contribution in [3.8, 4) is 22.3 Å². The SMILES string of the molecule is C/C=C\c1ccc2c(c1C)-c1c(c(-c3ccc(C)cc3)cc3ccccc13)C2. The summed E-state index contributed by atoms with van der Waals surface area (Å²) < 4.78 is 0. The quantitative estimate of drug-likeness (QED) is 0.302. The maximum atomic E-state index is 2.38. The van der Waals surface area contributed by atoms with E-state index >= 15 is 0 Å². The summed E-state index contributed by atoms with van der Waals surface area (Å²) in [5.41, 5.74) is 12.5. The maximum Gasteiger partial charge on any atom is -0.000694 e. The Kier molecular flexibility index (Phi) is 3.94. The lowest BCUT2D eigenvalue weighted by atomic mass is 9.89. The average Bonchev–Trinajstić information content (AvgIpc) is 3.11. The second-order valence-electron chi connectivity index (χ2n) is 7.86. The number of fused-ring (bicyclic) bond motifs is 5.